The molecule has 1 atom stereocenters. The Balaban J connectivity index is 2.45. The number of aromatic nitrogens is 1. The van der Waals surface area contributed by atoms with Crippen LogP contribution in [0, 0.1) is 13.8 Å². The minimum atomic E-state index is -0.265. The SMILES string of the molecule is CCOC(=O)C1CCCN1c1cc(C)nc(C)c1C(N)=S. The van der Waals surface area contributed by atoms with Gasteiger partial charge in [-0.25, -0.2) is 4.79 Å². The number of hydrogen-bond donors (Lipinski definition) is 1. The van der Waals surface area contributed by atoms with Crippen molar-refractivity contribution in [1.82, 2.24) is 4.98 Å². The van der Waals surface area contributed by atoms with E-state index in [0.29, 0.717) is 11.6 Å². The highest BCUT2D eigenvalue weighted by molar-refractivity contribution is 7.80. The lowest BCUT2D eigenvalue weighted by molar-refractivity contribution is -0.144. The first-order valence-electron chi connectivity index (χ1n) is 7.17. The van der Waals surface area contributed by atoms with Gasteiger partial charge in [0.2, 0.25) is 0 Å². The van der Waals surface area contributed by atoms with Gasteiger partial charge in [-0.1, -0.05) is 12.2 Å². The number of pyridine rings is 1. The van der Waals surface area contributed by atoms with E-state index < -0.39 is 0 Å². The smallest absolute Gasteiger partial charge is 0.328 e. The van der Waals surface area contributed by atoms with Crippen molar-refractivity contribution >= 4 is 28.9 Å². The highest BCUT2D eigenvalue weighted by Crippen LogP contribution is 2.31. The number of carbonyl (C=O) groups excluding carboxylic acids is 1. The molecule has 0 bridgehead atoms. The first-order valence-corrected chi connectivity index (χ1v) is 7.57. The molecule has 2 heterocycles. The maximum atomic E-state index is 12.1. The van der Waals surface area contributed by atoms with E-state index >= 15 is 0 Å². The van der Waals surface area contributed by atoms with Gasteiger partial charge in [-0.05, 0) is 39.7 Å². The van der Waals surface area contributed by atoms with Crippen LogP contribution in [0.1, 0.15) is 36.7 Å². The van der Waals surface area contributed by atoms with Gasteiger partial charge in [0, 0.05) is 17.9 Å². The molecule has 1 saturated heterocycles. The molecule has 0 aromatic carbocycles. The van der Waals surface area contributed by atoms with Gasteiger partial charge in [-0.2, -0.15) is 0 Å². The standard InChI is InChI=1S/C15H21N3O2S/c1-4-20-15(19)11-6-5-7-18(11)12-8-9(2)17-10(3)13(12)14(16)21/h8,11H,4-7H2,1-3H3,(H2,16,21). The summed E-state index contributed by atoms with van der Waals surface area (Å²) in [7, 11) is 0. The molecule has 114 valence electrons. The Labute approximate surface area is 130 Å². The molecular formula is C15H21N3O2S. The number of carbonyl (C=O) groups is 1. The molecule has 1 aliphatic heterocycles. The molecule has 6 heteroatoms. The summed E-state index contributed by atoms with van der Waals surface area (Å²) in [5.41, 5.74) is 9.19. The zero-order valence-corrected chi connectivity index (χ0v) is 13.5. The van der Waals surface area contributed by atoms with Crippen LogP contribution in [0.5, 0.6) is 0 Å². The van der Waals surface area contributed by atoms with Crippen LogP contribution in [0.25, 0.3) is 0 Å². The average Bonchev–Trinajstić information content (AvgIpc) is 2.86. The van der Waals surface area contributed by atoms with Gasteiger partial charge in [0.1, 0.15) is 11.0 Å². The molecule has 1 aromatic heterocycles. The number of thiocarbonyl (C=S) groups is 1. The van der Waals surface area contributed by atoms with Crippen LogP contribution in [0.3, 0.4) is 0 Å². The Morgan fingerprint density at radius 1 is 1.57 bits per heavy atom. The second kappa shape index (κ2) is 6.39. The van der Waals surface area contributed by atoms with E-state index in [1.54, 1.807) is 0 Å². The molecule has 0 saturated carbocycles. The number of esters is 1. The maximum Gasteiger partial charge on any atom is 0.328 e. The van der Waals surface area contributed by atoms with E-state index in [4.69, 9.17) is 22.7 Å². The molecule has 0 spiro atoms. The van der Waals surface area contributed by atoms with Crippen molar-refractivity contribution in [3.63, 3.8) is 0 Å². The molecule has 0 radical (unpaired) electrons. The lowest BCUT2D eigenvalue weighted by Crippen LogP contribution is -2.38. The fraction of sp³-hybridized carbons (Fsp3) is 0.533. The van der Waals surface area contributed by atoms with Crippen LogP contribution in [0.4, 0.5) is 5.69 Å². The summed E-state index contributed by atoms with van der Waals surface area (Å²) in [4.78, 5) is 18.9. The lowest BCUT2D eigenvalue weighted by Gasteiger charge is -2.28. The molecular weight excluding hydrogens is 286 g/mol. The van der Waals surface area contributed by atoms with Gasteiger partial charge >= 0.3 is 5.97 Å². The topological polar surface area (TPSA) is 68.5 Å². The molecule has 0 amide bonds. The highest BCUT2D eigenvalue weighted by atomic mass is 32.1. The molecule has 1 unspecified atom stereocenters. The number of aryl methyl sites for hydroxylation is 2. The zero-order chi connectivity index (χ0) is 15.6. The van der Waals surface area contributed by atoms with Gasteiger partial charge in [-0.3, -0.25) is 4.98 Å². The number of anilines is 1. The van der Waals surface area contributed by atoms with Gasteiger partial charge < -0.3 is 15.4 Å². The monoisotopic (exact) mass is 307 g/mol. The number of nitrogens with zero attached hydrogens (tertiary/aromatic N) is 2. The van der Waals surface area contributed by atoms with Gasteiger partial charge in [0.25, 0.3) is 0 Å². The van der Waals surface area contributed by atoms with E-state index in [9.17, 15) is 4.79 Å². The molecule has 2 N–H and O–H groups in total. The predicted molar refractivity (Wildman–Crippen MR) is 86.6 cm³/mol. The van der Waals surface area contributed by atoms with Crippen LogP contribution in [-0.2, 0) is 9.53 Å². The van der Waals surface area contributed by atoms with E-state index in [2.05, 4.69) is 4.98 Å². The summed E-state index contributed by atoms with van der Waals surface area (Å²) in [6.45, 7) is 6.82. The average molecular weight is 307 g/mol. The van der Waals surface area contributed by atoms with E-state index in [1.807, 2.05) is 31.7 Å². The number of ether oxygens (including phenoxy) is 1. The molecule has 1 fully saturated rings. The van der Waals surface area contributed by atoms with Crippen molar-refractivity contribution in [1.29, 1.82) is 0 Å². The van der Waals surface area contributed by atoms with Crippen LogP contribution in [-0.4, -0.2) is 35.1 Å². The van der Waals surface area contributed by atoms with Crippen molar-refractivity contribution in [2.45, 2.75) is 39.7 Å². The first kappa shape index (κ1) is 15.7. The second-order valence-electron chi connectivity index (χ2n) is 5.21. The molecule has 0 aliphatic carbocycles. The van der Waals surface area contributed by atoms with Crippen molar-refractivity contribution < 1.29 is 9.53 Å². The lowest BCUT2D eigenvalue weighted by atomic mass is 10.1. The minimum Gasteiger partial charge on any atom is -0.464 e. The maximum absolute atomic E-state index is 12.1. The summed E-state index contributed by atoms with van der Waals surface area (Å²) < 4.78 is 5.18. The number of hydrogen-bond acceptors (Lipinski definition) is 5. The van der Waals surface area contributed by atoms with E-state index in [1.165, 1.54) is 0 Å². The van der Waals surface area contributed by atoms with E-state index in [-0.39, 0.29) is 12.0 Å². The van der Waals surface area contributed by atoms with Crippen LogP contribution < -0.4 is 10.6 Å². The summed E-state index contributed by atoms with van der Waals surface area (Å²) in [6, 6.07) is 1.68. The number of nitrogens with two attached hydrogens (primary N) is 1. The van der Waals surface area contributed by atoms with Gasteiger partial charge in [0.05, 0.1) is 17.9 Å². The van der Waals surface area contributed by atoms with Crippen molar-refractivity contribution in [3.05, 3.63) is 23.0 Å². The molecule has 2 rings (SSSR count). The van der Waals surface area contributed by atoms with Crippen LogP contribution in [0.2, 0.25) is 0 Å². The van der Waals surface area contributed by atoms with Crippen LogP contribution >= 0.6 is 12.2 Å². The quantitative estimate of drug-likeness (QED) is 0.676. The van der Waals surface area contributed by atoms with E-state index in [0.717, 1.165) is 42.0 Å². The largest absolute Gasteiger partial charge is 0.464 e. The Kier molecular flexibility index (Phi) is 4.77. The van der Waals surface area contributed by atoms with Crippen molar-refractivity contribution in [3.8, 4) is 0 Å². The first-order chi connectivity index (χ1) is 9.95. The Morgan fingerprint density at radius 3 is 2.90 bits per heavy atom. The molecule has 5 nitrogen and oxygen atoms in total. The normalized spacial score (nSPS) is 17.9. The van der Waals surface area contributed by atoms with Crippen LogP contribution in [0.15, 0.2) is 6.07 Å². The molecule has 21 heavy (non-hydrogen) atoms. The minimum absolute atomic E-state index is 0.184. The Bertz CT molecular complexity index is 574. The Hall–Kier alpha value is -1.69. The van der Waals surface area contributed by atoms with Crippen molar-refractivity contribution in [2.24, 2.45) is 5.73 Å². The predicted octanol–water partition coefficient (Wildman–Crippen LogP) is 1.86. The summed E-state index contributed by atoms with van der Waals surface area (Å²) in [5, 5.41) is 0. The zero-order valence-electron chi connectivity index (χ0n) is 12.7. The Morgan fingerprint density at radius 2 is 2.29 bits per heavy atom. The third-order valence-corrected chi connectivity index (χ3v) is 3.88. The summed E-state index contributed by atoms with van der Waals surface area (Å²) in [5.74, 6) is -0.184. The second-order valence-corrected chi connectivity index (χ2v) is 5.65. The number of rotatable bonds is 4. The van der Waals surface area contributed by atoms with Gasteiger partial charge in [-0.15, -0.1) is 0 Å². The third-order valence-electron chi connectivity index (χ3n) is 3.67. The fourth-order valence-corrected chi connectivity index (χ4v) is 3.13. The molecule has 1 aromatic rings. The molecule has 1 aliphatic rings. The fourth-order valence-electron chi connectivity index (χ4n) is 2.88. The summed E-state index contributed by atoms with van der Waals surface area (Å²) >= 11 is 5.17. The van der Waals surface area contributed by atoms with Gasteiger partial charge in [0.15, 0.2) is 0 Å². The third kappa shape index (κ3) is 3.15. The van der Waals surface area contributed by atoms with Crippen molar-refractivity contribution in [2.75, 3.05) is 18.1 Å². The summed E-state index contributed by atoms with van der Waals surface area (Å²) in [6.07, 6.45) is 1.73. The highest BCUT2D eigenvalue weighted by Gasteiger charge is 2.34.